The summed E-state index contributed by atoms with van der Waals surface area (Å²) in [6, 6.07) is 4.88. The van der Waals surface area contributed by atoms with Crippen molar-refractivity contribution in [3.05, 3.63) is 53.3 Å². The van der Waals surface area contributed by atoms with Crippen molar-refractivity contribution in [3.63, 3.8) is 0 Å². The largest absolute Gasteiger partial charge is 0.372 e. The second kappa shape index (κ2) is 11.9. The average Bonchev–Trinajstić information content (AvgIpc) is 2.86. The third kappa shape index (κ3) is 6.78. The van der Waals surface area contributed by atoms with Gasteiger partial charge in [0.15, 0.2) is 0 Å². The lowest BCUT2D eigenvalue weighted by Gasteiger charge is -2.42. The van der Waals surface area contributed by atoms with Gasteiger partial charge in [-0.1, -0.05) is 24.3 Å². The Morgan fingerprint density at radius 1 is 1.24 bits per heavy atom. The fourth-order valence-corrected chi connectivity index (χ4v) is 5.11. The molecule has 2 fully saturated rings. The highest BCUT2D eigenvalue weighted by Gasteiger charge is 2.39. The summed E-state index contributed by atoms with van der Waals surface area (Å²) in [7, 11) is 2.07. The van der Waals surface area contributed by atoms with E-state index in [0.717, 1.165) is 48.4 Å². The van der Waals surface area contributed by atoms with Crippen LogP contribution in [0.3, 0.4) is 0 Å². The number of ether oxygens (including phenoxy) is 1. The van der Waals surface area contributed by atoms with Crippen LogP contribution < -0.4 is 10.7 Å². The van der Waals surface area contributed by atoms with Crippen LogP contribution in [-0.4, -0.2) is 96.2 Å². The standard InChI is InChI=1S/C28H37ClN6O3/c1-6-20-15-30-8-7-22(20)23-13-21(29)14-24(19(23)2)31-27(37)25-17-38-28(3,4)18-34(25)16-26(36)32-35-11-9-33(5)10-12-35/h6-8,13-15,25H,1,9-12,16-18H2,2-5H3,(H,31,37)(H,32,36)/t25-/m0/s1. The Kier molecular flexibility index (Phi) is 8.85. The van der Waals surface area contributed by atoms with E-state index in [1.165, 1.54) is 0 Å². The van der Waals surface area contributed by atoms with Crippen LogP contribution in [0, 0.1) is 6.92 Å². The van der Waals surface area contributed by atoms with E-state index in [4.69, 9.17) is 16.3 Å². The number of aromatic nitrogens is 1. The summed E-state index contributed by atoms with van der Waals surface area (Å²) in [6.07, 6.45) is 5.20. The minimum atomic E-state index is -0.632. The van der Waals surface area contributed by atoms with E-state index in [1.54, 1.807) is 24.5 Å². The van der Waals surface area contributed by atoms with Gasteiger partial charge in [0.1, 0.15) is 6.04 Å². The van der Waals surface area contributed by atoms with Gasteiger partial charge in [-0.2, -0.15) is 0 Å². The van der Waals surface area contributed by atoms with Crippen molar-refractivity contribution < 1.29 is 14.3 Å². The van der Waals surface area contributed by atoms with Gasteiger partial charge in [0.2, 0.25) is 11.8 Å². The molecule has 1 aromatic heterocycles. The monoisotopic (exact) mass is 540 g/mol. The van der Waals surface area contributed by atoms with Crippen LogP contribution in [0.25, 0.3) is 17.2 Å². The van der Waals surface area contributed by atoms with Crippen molar-refractivity contribution in [2.75, 3.05) is 58.2 Å². The van der Waals surface area contributed by atoms with Gasteiger partial charge >= 0.3 is 0 Å². The number of hydrogen-bond acceptors (Lipinski definition) is 7. The molecule has 0 spiro atoms. The number of carbonyl (C=O) groups excluding carboxylic acids is 2. The number of morpholine rings is 1. The van der Waals surface area contributed by atoms with Gasteiger partial charge in [0.05, 0.1) is 18.8 Å². The van der Waals surface area contributed by atoms with Crippen molar-refractivity contribution in [3.8, 4) is 11.1 Å². The number of piperazine rings is 1. The molecule has 0 bridgehead atoms. The molecular weight excluding hydrogens is 504 g/mol. The molecular formula is C28H37ClN6O3. The summed E-state index contributed by atoms with van der Waals surface area (Å²) in [4.78, 5) is 34.8. The van der Waals surface area contributed by atoms with Crippen LogP contribution in [0.15, 0.2) is 37.2 Å². The maximum atomic E-state index is 13.6. The Bertz CT molecular complexity index is 1200. The van der Waals surface area contributed by atoms with E-state index >= 15 is 0 Å². The van der Waals surface area contributed by atoms with Crippen molar-refractivity contribution in [2.24, 2.45) is 0 Å². The summed E-state index contributed by atoms with van der Waals surface area (Å²) >= 11 is 6.48. The molecule has 9 nitrogen and oxygen atoms in total. The van der Waals surface area contributed by atoms with Crippen LogP contribution >= 0.6 is 11.6 Å². The first-order chi connectivity index (χ1) is 18.1. The van der Waals surface area contributed by atoms with Crippen molar-refractivity contribution in [2.45, 2.75) is 32.4 Å². The van der Waals surface area contributed by atoms with E-state index in [-0.39, 0.29) is 25.0 Å². The average molecular weight is 541 g/mol. The van der Waals surface area contributed by atoms with Crippen LogP contribution in [0.5, 0.6) is 0 Å². The number of pyridine rings is 1. The topological polar surface area (TPSA) is 90.0 Å². The molecule has 0 radical (unpaired) electrons. The van der Waals surface area contributed by atoms with E-state index in [1.807, 2.05) is 42.8 Å². The van der Waals surface area contributed by atoms with Crippen LogP contribution in [0.1, 0.15) is 25.0 Å². The molecule has 2 saturated heterocycles. The minimum absolute atomic E-state index is 0.0940. The fourth-order valence-electron chi connectivity index (χ4n) is 4.90. The number of rotatable bonds is 7. The van der Waals surface area contributed by atoms with Crippen LogP contribution in [0.4, 0.5) is 5.69 Å². The molecule has 3 heterocycles. The fraction of sp³-hybridized carbons (Fsp3) is 0.464. The Labute approximate surface area is 229 Å². The van der Waals surface area contributed by atoms with Gasteiger partial charge in [0.25, 0.3) is 0 Å². The van der Waals surface area contributed by atoms with Crippen LogP contribution in [-0.2, 0) is 14.3 Å². The predicted molar refractivity (Wildman–Crippen MR) is 151 cm³/mol. The Morgan fingerprint density at radius 3 is 2.68 bits per heavy atom. The number of likely N-dealkylation sites (N-methyl/N-ethyl adjacent to an activating group) is 1. The Hall–Kier alpha value is -2.82. The highest BCUT2D eigenvalue weighted by molar-refractivity contribution is 6.31. The summed E-state index contributed by atoms with van der Waals surface area (Å²) in [5, 5.41) is 5.49. The van der Waals surface area contributed by atoms with Crippen LogP contribution in [0.2, 0.25) is 5.02 Å². The van der Waals surface area contributed by atoms with Gasteiger partial charge in [-0.05, 0) is 62.7 Å². The Balaban J connectivity index is 1.51. The maximum absolute atomic E-state index is 13.6. The van der Waals surface area contributed by atoms with Crippen molar-refractivity contribution in [1.29, 1.82) is 0 Å². The summed E-state index contributed by atoms with van der Waals surface area (Å²) in [5.41, 5.74) is 6.68. The summed E-state index contributed by atoms with van der Waals surface area (Å²) in [6.45, 7) is 13.8. The molecule has 0 aliphatic carbocycles. The number of amides is 2. The molecule has 204 valence electrons. The smallest absolute Gasteiger partial charge is 0.248 e. The van der Waals surface area contributed by atoms with Gasteiger partial charge in [0, 0.05) is 61.4 Å². The lowest BCUT2D eigenvalue weighted by Crippen LogP contribution is -2.61. The van der Waals surface area contributed by atoms with E-state index in [0.29, 0.717) is 17.3 Å². The molecule has 0 saturated carbocycles. The number of hydrazine groups is 1. The number of nitrogens with one attached hydrogen (secondary N) is 2. The van der Waals surface area contributed by atoms with E-state index in [9.17, 15) is 9.59 Å². The van der Waals surface area contributed by atoms with Crippen molar-refractivity contribution >= 4 is 35.2 Å². The molecule has 2 aliphatic heterocycles. The first-order valence-electron chi connectivity index (χ1n) is 12.8. The number of carbonyl (C=O) groups is 2. The third-order valence-electron chi connectivity index (χ3n) is 7.08. The van der Waals surface area contributed by atoms with Gasteiger partial charge in [-0.3, -0.25) is 24.9 Å². The molecule has 2 aromatic rings. The molecule has 2 amide bonds. The zero-order chi connectivity index (χ0) is 27.4. The molecule has 2 aliphatic rings. The van der Waals surface area contributed by atoms with Gasteiger partial charge in [-0.25, -0.2) is 5.01 Å². The Morgan fingerprint density at radius 2 is 1.97 bits per heavy atom. The zero-order valence-electron chi connectivity index (χ0n) is 22.6. The summed E-state index contributed by atoms with van der Waals surface area (Å²) < 4.78 is 5.99. The number of benzene rings is 1. The third-order valence-corrected chi connectivity index (χ3v) is 7.30. The number of nitrogens with zero attached hydrogens (tertiary/aromatic N) is 4. The molecule has 1 aromatic carbocycles. The van der Waals surface area contributed by atoms with E-state index < -0.39 is 11.6 Å². The van der Waals surface area contributed by atoms with Crippen molar-refractivity contribution in [1.82, 2.24) is 25.2 Å². The number of halogens is 1. The molecule has 38 heavy (non-hydrogen) atoms. The predicted octanol–water partition coefficient (Wildman–Crippen LogP) is 3.05. The van der Waals surface area contributed by atoms with Gasteiger partial charge < -0.3 is 15.0 Å². The normalized spacial score (nSPS) is 20.6. The molecule has 10 heteroatoms. The number of hydrogen-bond donors (Lipinski definition) is 2. The molecule has 2 N–H and O–H groups in total. The zero-order valence-corrected chi connectivity index (χ0v) is 23.3. The first-order valence-corrected chi connectivity index (χ1v) is 13.2. The minimum Gasteiger partial charge on any atom is -0.372 e. The molecule has 1 atom stereocenters. The molecule has 0 unspecified atom stereocenters. The molecule has 4 rings (SSSR count). The first kappa shape index (κ1) is 28.2. The SMILES string of the molecule is C=Cc1cnccc1-c1cc(Cl)cc(NC(=O)[C@@H]2COC(C)(C)CN2CC(=O)NN2CCN(C)CC2)c1C. The highest BCUT2D eigenvalue weighted by atomic mass is 35.5. The lowest BCUT2D eigenvalue weighted by atomic mass is 9.96. The highest BCUT2D eigenvalue weighted by Crippen LogP contribution is 2.34. The second-order valence-electron chi connectivity index (χ2n) is 10.6. The van der Waals surface area contributed by atoms with Gasteiger partial charge in [-0.15, -0.1) is 0 Å². The van der Waals surface area contributed by atoms with E-state index in [2.05, 4.69) is 34.3 Å². The second-order valence-corrected chi connectivity index (χ2v) is 11.0. The number of anilines is 1. The summed E-state index contributed by atoms with van der Waals surface area (Å²) in [5.74, 6) is -0.385. The maximum Gasteiger partial charge on any atom is 0.248 e. The quantitative estimate of drug-likeness (QED) is 0.558. The lowest BCUT2D eigenvalue weighted by molar-refractivity contribution is -0.148.